The van der Waals surface area contributed by atoms with Crippen LogP contribution in [0.4, 0.5) is 0 Å². The monoisotopic (exact) mass is 301 g/mol. The first kappa shape index (κ1) is 15.4. The van der Waals surface area contributed by atoms with Crippen molar-refractivity contribution in [1.82, 2.24) is 10.3 Å². The standard InChI is InChI=1S/C16H19N3OS/c1-3-9-19(10-4-2)11-13-12-7-5-6-8-14(12)21-15(13)16(20)18-17/h3-8H,1-2,9-11,17H2,(H,18,20). The van der Waals surface area contributed by atoms with Gasteiger partial charge in [-0.2, -0.15) is 0 Å². The second kappa shape index (κ2) is 7.17. The molecule has 2 aromatic rings. The highest BCUT2D eigenvalue weighted by Crippen LogP contribution is 2.32. The maximum atomic E-state index is 12.0. The molecule has 4 nitrogen and oxygen atoms in total. The summed E-state index contributed by atoms with van der Waals surface area (Å²) >= 11 is 1.46. The van der Waals surface area contributed by atoms with Gasteiger partial charge in [-0.05, 0) is 17.0 Å². The number of nitrogen functional groups attached to an aromatic ring is 1. The van der Waals surface area contributed by atoms with Gasteiger partial charge in [-0.1, -0.05) is 30.4 Å². The molecule has 0 aliphatic rings. The summed E-state index contributed by atoms with van der Waals surface area (Å²) in [6.45, 7) is 9.68. The molecule has 1 heterocycles. The fraction of sp³-hybridized carbons (Fsp3) is 0.188. The van der Waals surface area contributed by atoms with Crippen LogP contribution in [0, 0.1) is 0 Å². The average molecular weight is 301 g/mol. The van der Waals surface area contributed by atoms with Crippen molar-refractivity contribution in [3.05, 3.63) is 60.0 Å². The second-order valence-electron chi connectivity index (χ2n) is 4.65. The summed E-state index contributed by atoms with van der Waals surface area (Å²) in [4.78, 5) is 14.8. The molecular weight excluding hydrogens is 282 g/mol. The van der Waals surface area contributed by atoms with Crippen molar-refractivity contribution in [1.29, 1.82) is 0 Å². The summed E-state index contributed by atoms with van der Waals surface area (Å²) < 4.78 is 1.09. The molecule has 0 atom stereocenters. The van der Waals surface area contributed by atoms with Crippen LogP contribution in [0.15, 0.2) is 49.6 Å². The third kappa shape index (κ3) is 3.39. The number of hydrogen-bond donors (Lipinski definition) is 2. The quantitative estimate of drug-likeness (QED) is 0.358. The van der Waals surface area contributed by atoms with Gasteiger partial charge in [0.25, 0.3) is 5.91 Å². The minimum Gasteiger partial charge on any atom is -0.292 e. The van der Waals surface area contributed by atoms with E-state index >= 15 is 0 Å². The SMILES string of the molecule is C=CCN(CC=C)Cc1c(C(=O)NN)sc2ccccc12. The fourth-order valence-electron chi connectivity index (χ4n) is 2.30. The Morgan fingerprint density at radius 2 is 1.95 bits per heavy atom. The number of rotatable bonds is 7. The van der Waals surface area contributed by atoms with Crippen LogP contribution >= 0.6 is 11.3 Å². The van der Waals surface area contributed by atoms with Crippen LogP contribution in [0.2, 0.25) is 0 Å². The summed E-state index contributed by atoms with van der Waals surface area (Å²) in [5.74, 6) is 5.06. The number of nitrogens with one attached hydrogen (secondary N) is 1. The number of benzene rings is 1. The number of hydrazine groups is 1. The number of thiophene rings is 1. The minimum atomic E-state index is -0.247. The zero-order valence-electron chi connectivity index (χ0n) is 11.8. The Bertz CT molecular complexity index is 653. The Morgan fingerprint density at radius 3 is 2.57 bits per heavy atom. The topological polar surface area (TPSA) is 58.4 Å². The molecule has 0 bridgehead atoms. The van der Waals surface area contributed by atoms with Gasteiger partial charge in [-0.3, -0.25) is 15.1 Å². The Kier molecular flexibility index (Phi) is 5.27. The molecule has 3 N–H and O–H groups in total. The molecule has 0 aliphatic heterocycles. The number of carbonyl (C=O) groups is 1. The molecule has 2 rings (SSSR count). The van der Waals surface area contributed by atoms with Crippen LogP contribution in [0.3, 0.4) is 0 Å². The first-order valence-electron chi connectivity index (χ1n) is 6.66. The van der Waals surface area contributed by atoms with Crippen molar-refractivity contribution in [3.63, 3.8) is 0 Å². The van der Waals surface area contributed by atoms with Crippen LogP contribution in [0.5, 0.6) is 0 Å². The van der Waals surface area contributed by atoms with Crippen LogP contribution in [0.1, 0.15) is 15.2 Å². The first-order chi connectivity index (χ1) is 10.2. The molecule has 0 unspecified atom stereocenters. The Hall–Kier alpha value is -1.95. The van der Waals surface area contributed by atoms with Gasteiger partial charge in [0, 0.05) is 24.3 Å². The fourth-order valence-corrected chi connectivity index (χ4v) is 3.41. The van der Waals surface area contributed by atoms with Gasteiger partial charge < -0.3 is 0 Å². The number of carbonyl (C=O) groups excluding carboxylic acids is 1. The van der Waals surface area contributed by atoms with E-state index in [0.29, 0.717) is 11.4 Å². The van der Waals surface area contributed by atoms with E-state index in [9.17, 15) is 4.79 Å². The Morgan fingerprint density at radius 1 is 1.29 bits per heavy atom. The van der Waals surface area contributed by atoms with Crippen molar-refractivity contribution in [2.45, 2.75) is 6.54 Å². The number of nitrogens with two attached hydrogens (primary N) is 1. The number of nitrogens with zero attached hydrogens (tertiary/aromatic N) is 1. The Balaban J connectivity index is 2.45. The van der Waals surface area contributed by atoms with E-state index in [1.54, 1.807) is 0 Å². The molecule has 0 saturated heterocycles. The summed E-state index contributed by atoms with van der Waals surface area (Å²) in [6, 6.07) is 8.00. The van der Waals surface area contributed by atoms with Crippen molar-refractivity contribution in [2.75, 3.05) is 13.1 Å². The average Bonchev–Trinajstić information content (AvgIpc) is 2.86. The van der Waals surface area contributed by atoms with E-state index < -0.39 is 0 Å². The van der Waals surface area contributed by atoms with Crippen molar-refractivity contribution in [2.24, 2.45) is 5.84 Å². The number of fused-ring (bicyclic) bond motifs is 1. The molecule has 0 radical (unpaired) electrons. The van der Waals surface area contributed by atoms with Crippen LogP contribution in [0.25, 0.3) is 10.1 Å². The van der Waals surface area contributed by atoms with Gasteiger partial charge in [-0.15, -0.1) is 24.5 Å². The van der Waals surface area contributed by atoms with Gasteiger partial charge in [0.1, 0.15) is 0 Å². The molecule has 0 spiro atoms. The van der Waals surface area contributed by atoms with Gasteiger partial charge in [0.2, 0.25) is 0 Å². The van der Waals surface area contributed by atoms with E-state index in [2.05, 4.69) is 23.5 Å². The van der Waals surface area contributed by atoms with Gasteiger partial charge in [-0.25, -0.2) is 5.84 Å². The third-order valence-corrected chi connectivity index (χ3v) is 4.40. The lowest BCUT2D eigenvalue weighted by atomic mass is 10.1. The summed E-state index contributed by atoms with van der Waals surface area (Å²) in [6.07, 6.45) is 3.70. The maximum absolute atomic E-state index is 12.0. The lowest BCUT2D eigenvalue weighted by Crippen LogP contribution is -2.31. The molecule has 5 heteroatoms. The number of hydrogen-bond acceptors (Lipinski definition) is 4. The van der Waals surface area contributed by atoms with Crippen LogP contribution in [-0.2, 0) is 6.54 Å². The summed E-state index contributed by atoms with van der Waals surface area (Å²) in [7, 11) is 0. The molecule has 0 aliphatic carbocycles. The van der Waals surface area contributed by atoms with Crippen molar-refractivity contribution in [3.8, 4) is 0 Å². The van der Waals surface area contributed by atoms with Gasteiger partial charge >= 0.3 is 0 Å². The molecule has 1 amide bonds. The highest BCUT2D eigenvalue weighted by Gasteiger charge is 2.19. The van der Waals surface area contributed by atoms with Crippen LogP contribution < -0.4 is 11.3 Å². The van der Waals surface area contributed by atoms with Crippen LogP contribution in [-0.4, -0.2) is 23.9 Å². The van der Waals surface area contributed by atoms with Gasteiger partial charge in [0.05, 0.1) is 4.88 Å². The molecule has 1 aromatic carbocycles. The summed E-state index contributed by atoms with van der Waals surface area (Å²) in [5, 5.41) is 1.10. The van der Waals surface area contributed by atoms with E-state index in [4.69, 9.17) is 5.84 Å². The third-order valence-electron chi connectivity index (χ3n) is 3.19. The van der Waals surface area contributed by atoms with E-state index in [1.807, 2.05) is 36.4 Å². The highest BCUT2D eigenvalue weighted by molar-refractivity contribution is 7.21. The lowest BCUT2D eigenvalue weighted by Gasteiger charge is -2.19. The van der Waals surface area contributed by atoms with E-state index in [0.717, 1.165) is 28.7 Å². The zero-order chi connectivity index (χ0) is 15.2. The van der Waals surface area contributed by atoms with E-state index in [1.165, 1.54) is 11.3 Å². The van der Waals surface area contributed by atoms with Crippen molar-refractivity contribution < 1.29 is 4.79 Å². The zero-order valence-corrected chi connectivity index (χ0v) is 12.7. The molecular formula is C16H19N3OS. The molecule has 0 saturated carbocycles. The van der Waals surface area contributed by atoms with Gasteiger partial charge in [0.15, 0.2) is 0 Å². The molecule has 21 heavy (non-hydrogen) atoms. The smallest absolute Gasteiger partial charge is 0.275 e. The largest absolute Gasteiger partial charge is 0.292 e. The predicted molar refractivity (Wildman–Crippen MR) is 89.1 cm³/mol. The maximum Gasteiger partial charge on any atom is 0.275 e. The molecule has 1 aromatic heterocycles. The lowest BCUT2D eigenvalue weighted by molar-refractivity contribution is 0.0956. The number of amides is 1. The summed E-state index contributed by atoms with van der Waals surface area (Å²) in [5.41, 5.74) is 3.23. The predicted octanol–water partition coefficient (Wildman–Crippen LogP) is 2.68. The second-order valence-corrected chi connectivity index (χ2v) is 5.70. The molecule has 0 fully saturated rings. The minimum absolute atomic E-state index is 0.247. The molecule has 110 valence electrons. The van der Waals surface area contributed by atoms with E-state index in [-0.39, 0.29) is 5.91 Å². The normalized spacial score (nSPS) is 10.8. The highest BCUT2D eigenvalue weighted by atomic mass is 32.1. The van der Waals surface area contributed by atoms with Crippen molar-refractivity contribution >= 4 is 27.3 Å². The Labute approximate surface area is 128 Å². The first-order valence-corrected chi connectivity index (χ1v) is 7.48.